The fourth-order valence-corrected chi connectivity index (χ4v) is 4.12. The monoisotopic (exact) mass is 561 g/mol. The summed E-state index contributed by atoms with van der Waals surface area (Å²) in [5, 5.41) is 1.97. The van der Waals surface area contributed by atoms with Gasteiger partial charge in [-0.05, 0) is 74.9 Å². The molecule has 0 N–H and O–H groups in total. The molecule has 1 aromatic carbocycles. The molecule has 0 fully saturated rings. The van der Waals surface area contributed by atoms with Crippen LogP contribution >= 0.6 is 27.3 Å². The van der Waals surface area contributed by atoms with E-state index in [-0.39, 0.29) is 12.0 Å². The molecule has 0 aliphatic carbocycles. The molecule has 0 aliphatic heterocycles. The molecule has 1 aromatic heterocycles. The Labute approximate surface area is 222 Å². The summed E-state index contributed by atoms with van der Waals surface area (Å²) in [7, 11) is 1.68. The van der Waals surface area contributed by atoms with Crippen LogP contribution in [0.3, 0.4) is 0 Å². The van der Waals surface area contributed by atoms with Crippen LogP contribution in [0.2, 0.25) is 0 Å². The predicted molar refractivity (Wildman–Crippen MR) is 150 cm³/mol. The fourth-order valence-electron chi connectivity index (χ4n) is 3.13. The van der Waals surface area contributed by atoms with Crippen molar-refractivity contribution in [3.63, 3.8) is 0 Å². The zero-order chi connectivity index (χ0) is 25.5. The van der Waals surface area contributed by atoms with Gasteiger partial charge in [0.2, 0.25) is 0 Å². The van der Waals surface area contributed by atoms with E-state index < -0.39 is 0 Å². The Morgan fingerprint density at radius 2 is 1.91 bits per heavy atom. The minimum absolute atomic E-state index is 0.0144. The van der Waals surface area contributed by atoms with Crippen molar-refractivity contribution in [1.29, 1.82) is 0 Å². The SMILES string of the molecule is C/C=C(\C=C/C(C)OC)CN(C(=O)/C(=C/OCCCCOCC)c1cccs1)c1ccc(Br)cc1. The molecule has 190 valence electrons. The molecule has 1 amide bonds. The molecular formula is C28H36BrNO4S. The summed E-state index contributed by atoms with van der Waals surface area (Å²) in [6.07, 6.45) is 9.40. The van der Waals surface area contributed by atoms with Crippen molar-refractivity contribution < 1.29 is 19.0 Å². The van der Waals surface area contributed by atoms with Crippen LogP contribution in [0.25, 0.3) is 5.57 Å². The number of benzene rings is 1. The second-order valence-electron chi connectivity index (χ2n) is 7.81. The van der Waals surface area contributed by atoms with Crippen LogP contribution < -0.4 is 4.90 Å². The van der Waals surface area contributed by atoms with Crippen LogP contribution in [0.5, 0.6) is 0 Å². The number of allylic oxidation sites excluding steroid dienone is 1. The summed E-state index contributed by atoms with van der Waals surface area (Å²) in [6.45, 7) is 8.33. The summed E-state index contributed by atoms with van der Waals surface area (Å²) < 4.78 is 17.5. The normalized spacial score (nSPS) is 13.3. The van der Waals surface area contributed by atoms with Crippen LogP contribution in [0, 0.1) is 0 Å². The number of hydrogen-bond acceptors (Lipinski definition) is 5. The van der Waals surface area contributed by atoms with Gasteiger partial charge in [0.05, 0.1) is 31.1 Å². The molecule has 35 heavy (non-hydrogen) atoms. The minimum atomic E-state index is -0.114. The topological polar surface area (TPSA) is 48.0 Å². The molecule has 0 saturated carbocycles. The molecular weight excluding hydrogens is 526 g/mol. The van der Waals surface area contributed by atoms with Gasteiger partial charge >= 0.3 is 0 Å². The lowest BCUT2D eigenvalue weighted by atomic mass is 10.1. The van der Waals surface area contributed by atoms with Crippen molar-refractivity contribution >= 4 is 44.4 Å². The van der Waals surface area contributed by atoms with Gasteiger partial charge in [0.15, 0.2) is 0 Å². The van der Waals surface area contributed by atoms with Gasteiger partial charge in [-0.25, -0.2) is 0 Å². The van der Waals surface area contributed by atoms with E-state index in [4.69, 9.17) is 14.2 Å². The maximum absolute atomic E-state index is 14.0. The van der Waals surface area contributed by atoms with Crippen LogP contribution in [-0.4, -0.2) is 45.5 Å². The molecule has 1 unspecified atom stereocenters. The Hall–Kier alpha value is -2.19. The third-order valence-corrected chi connectivity index (χ3v) is 6.70. The van der Waals surface area contributed by atoms with E-state index in [1.54, 1.807) is 18.3 Å². The third-order valence-electron chi connectivity index (χ3n) is 5.27. The van der Waals surface area contributed by atoms with Gasteiger partial charge in [0.1, 0.15) is 0 Å². The lowest BCUT2D eigenvalue weighted by molar-refractivity contribution is -0.113. The minimum Gasteiger partial charge on any atom is -0.500 e. The van der Waals surface area contributed by atoms with Gasteiger partial charge in [0, 0.05) is 35.4 Å². The number of carbonyl (C=O) groups is 1. The van der Waals surface area contributed by atoms with Crippen LogP contribution in [0.1, 0.15) is 38.5 Å². The molecule has 0 spiro atoms. The Morgan fingerprint density at radius 1 is 1.17 bits per heavy atom. The zero-order valence-corrected chi connectivity index (χ0v) is 23.4. The fraction of sp³-hybridized carbons (Fsp3) is 0.393. The highest BCUT2D eigenvalue weighted by atomic mass is 79.9. The molecule has 7 heteroatoms. The summed E-state index contributed by atoms with van der Waals surface area (Å²) in [6, 6.07) is 11.7. The van der Waals surface area contributed by atoms with E-state index in [1.807, 2.05) is 80.8 Å². The Kier molecular flexibility index (Phi) is 13.7. The molecule has 0 saturated heterocycles. The summed E-state index contributed by atoms with van der Waals surface area (Å²) in [5.41, 5.74) is 2.36. The Bertz CT molecular complexity index is 967. The second kappa shape index (κ2) is 16.5. The average molecular weight is 563 g/mol. The first-order chi connectivity index (χ1) is 17.0. The van der Waals surface area contributed by atoms with Crippen molar-refractivity contribution in [1.82, 2.24) is 0 Å². The standard InChI is InChI=1S/C28H36BrNO4S/c1-5-23(12-11-22(3)32-4)20-30(25-15-13-24(29)14-16-25)28(31)26(27-10-9-19-35-27)21-34-18-8-7-17-33-6-2/h5,9-16,19,21-22H,6-8,17-18,20H2,1-4H3/b12-11-,23-5+,26-21+. The van der Waals surface area contributed by atoms with E-state index in [2.05, 4.69) is 15.9 Å². The maximum atomic E-state index is 14.0. The van der Waals surface area contributed by atoms with Gasteiger partial charge in [0.25, 0.3) is 5.91 Å². The second-order valence-corrected chi connectivity index (χ2v) is 9.68. The zero-order valence-electron chi connectivity index (χ0n) is 21.0. The highest BCUT2D eigenvalue weighted by molar-refractivity contribution is 9.10. The molecule has 1 heterocycles. The summed E-state index contributed by atoms with van der Waals surface area (Å²) in [5.74, 6) is -0.114. The van der Waals surface area contributed by atoms with E-state index in [0.717, 1.165) is 46.7 Å². The first-order valence-corrected chi connectivity index (χ1v) is 13.5. The molecule has 0 radical (unpaired) electrons. The summed E-state index contributed by atoms with van der Waals surface area (Å²) >= 11 is 5.01. The Balaban J connectivity index is 2.30. The number of thiophene rings is 1. The highest BCUT2D eigenvalue weighted by Gasteiger charge is 2.23. The quantitative estimate of drug-likeness (QED) is 0.0993. The number of carbonyl (C=O) groups excluding carboxylic acids is 1. The molecule has 0 bridgehead atoms. The molecule has 2 aromatic rings. The van der Waals surface area contributed by atoms with Crippen LogP contribution in [-0.2, 0) is 19.0 Å². The van der Waals surface area contributed by atoms with E-state index in [9.17, 15) is 4.79 Å². The highest BCUT2D eigenvalue weighted by Crippen LogP contribution is 2.27. The van der Waals surface area contributed by atoms with Crippen LogP contribution in [0.4, 0.5) is 5.69 Å². The van der Waals surface area contributed by atoms with Gasteiger partial charge in [-0.1, -0.05) is 40.2 Å². The van der Waals surface area contributed by atoms with Gasteiger partial charge in [-0.2, -0.15) is 0 Å². The number of ether oxygens (including phenoxy) is 3. The van der Waals surface area contributed by atoms with Gasteiger partial charge in [-0.3, -0.25) is 4.79 Å². The van der Waals surface area contributed by atoms with Gasteiger partial charge in [-0.15, -0.1) is 11.3 Å². The number of hydrogen-bond donors (Lipinski definition) is 0. The molecule has 1 atom stereocenters. The van der Waals surface area contributed by atoms with Crippen molar-refractivity contribution in [3.05, 3.63) is 81.2 Å². The number of halogens is 1. The van der Waals surface area contributed by atoms with Crippen molar-refractivity contribution in [2.24, 2.45) is 0 Å². The van der Waals surface area contributed by atoms with Crippen molar-refractivity contribution in [2.45, 2.75) is 39.7 Å². The number of anilines is 1. The number of methoxy groups -OCH3 is 1. The largest absolute Gasteiger partial charge is 0.500 e. The number of rotatable bonds is 15. The van der Waals surface area contributed by atoms with Gasteiger partial charge < -0.3 is 19.1 Å². The average Bonchev–Trinajstić information content (AvgIpc) is 3.40. The lowest BCUT2D eigenvalue weighted by Gasteiger charge is -2.25. The molecule has 5 nitrogen and oxygen atoms in total. The first kappa shape index (κ1) is 29.0. The predicted octanol–water partition coefficient (Wildman–Crippen LogP) is 7.26. The van der Waals surface area contributed by atoms with Crippen LogP contribution in [0.15, 0.2) is 76.3 Å². The lowest BCUT2D eigenvalue weighted by Crippen LogP contribution is -2.33. The molecule has 2 rings (SSSR count). The molecule has 0 aliphatic rings. The van der Waals surface area contributed by atoms with E-state index >= 15 is 0 Å². The Morgan fingerprint density at radius 3 is 2.54 bits per heavy atom. The van der Waals surface area contributed by atoms with Crippen molar-refractivity contribution in [2.75, 3.05) is 38.4 Å². The number of nitrogens with zero attached hydrogens (tertiary/aromatic N) is 1. The van der Waals surface area contributed by atoms with E-state index in [1.165, 1.54) is 11.3 Å². The smallest absolute Gasteiger partial charge is 0.263 e. The van der Waals surface area contributed by atoms with Crippen molar-refractivity contribution in [3.8, 4) is 0 Å². The number of unbranched alkanes of at least 4 members (excludes halogenated alkanes) is 1. The summed E-state index contributed by atoms with van der Waals surface area (Å²) in [4.78, 5) is 16.6. The van der Waals surface area contributed by atoms with E-state index in [0.29, 0.717) is 18.7 Å². The first-order valence-electron chi connectivity index (χ1n) is 11.9. The number of amides is 1. The third kappa shape index (κ3) is 10.1. The maximum Gasteiger partial charge on any atom is 0.263 e.